The van der Waals surface area contributed by atoms with E-state index >= 15 is 0 Å². The molecule has 27 heavy (non-hydrogen) atoms. The Labute approximate surface area is 153 Å². The van der Waals surface area contributed by atoms with Gasteiger partial charge in [0, 0.05) is 29.7 Å². The standard InChI is InChI=1S/C21H13FN2O3/c22-17-4-2-1-3-15(17)20-12-18(25)16-11-14(5-6-19(16)27-20)24-21(26)13-7-9-23-10-8-13/h1-12H,(H,24,26). The van der Waals surface area contributed by atoms with Crippen LogP contribution in [0.3, 0.4) is 0 Å². The third-order valence-corrected chi connectivity index (χ3v) is 4.07. The highest BCUT2D eigenvalue weighted by Crippen LogP contribution is 2.26. The first-order chi connectivity index (χ1) is 13.1. The summed E-state index contributed by atoms with van der Waals surface area (Å²) < 4.78 is 19.7. The Morgan fingerprint density at radius 1 is 1.00 bits per heavy atom. The zero-order chi connectivity index (χ0) is 18.8. The van der Waals surface area contributed by atoms with Gasteiger partial charge in [-0.15, -0.1) is 0 Å². The molecule has 0 saturated carbocycles. The average Bonchev–Trinajstić information content (AvgIpc) is 2.69. The number of carbonyl (C=O) groups is 1. The van der Waals surface area contributed by atoms with E-state index in [1.807, 2.05) is 0 Å². The Balaban J connectivity index is 1.71. The summed E-state index contributed by atoms with van der Waals surface area (Å²) in [5.41, 5.74) is 1.10. The van der Waals surface area contributed by atoms with Gasteiger partial charge in [-0.25, -0.2) is 4.39 Å². The van der Waals surface area contributed by atoms with Crippen LogP contribution in [-0.4, -0.2) is 10.9 Å². The molecule has 0 spiro atoms. The van der Waals surface area contributed by atoms with Gasteiger partial charge in [-0.2, -0.15) is 0 Å². The highest BCUT2D eigenvalue weighted by molar-refractivity contribution is 6.04. The van der Waals surface area contributed by atoms with Crippen LogP contribution in [0.15, 0.2) is 82.3 Å². The van der Waals surface area contributed by atoms with Crippen molar-refractivity contribution >= 4 is 22.6 Å². The number of halogens is 1. The highest BCUT2D eigenvalue weighted by Gasteiger charge is 2.12. The van der Waals surface area contributed by atoms with E-state index in [1.54, 1.807) is 42.5 Å². The smallest absolute Gasteiger partial charge is 0.255 e. The second kappa shape index (κ2) is 6.84. The van der Waals surface area contributed by atoms with Crippen molar-refractivity contribution in [2.75, 3.05) is 5.32 Å². The van der Waals surface area contributed by atoms with E-state index in [1.165, 1.54) is 30.6 Å². The predicted octanol–water partition coefficient (Wildman–Crippen LogP) is 4.25. The van der Waals surface area contributed by atoms with Gasteiger partial charge in [-0.3, -0.25) is 14.6 Å². The number of nitrogens with one attached hydrogen (secondary N) is 1. The number of amides is 1. The molecule has 0 saturated heterocycles. The fourth-order valence-electron chi connectivity index (χ4n) is 2.73. The first-order valence-corrected chi connectivity index (χ1v) is 8.16. The lowest BCUT2D eigenvalue weighted by atomic mass is 10.1. The van der Waals surface area contributed by atoms with Crippen LogP contribution in [0.2, 0.25) is 0 Å². The Hall–Kier alpha value is -3.80. The molecule has 0 aliphatic rings. The van der Waals surface area contributed by atoms with E-state index in [0.717, 1.165) is 0 Å². The van der Waals surface area contributed by atoms with E-state index in [2.05, 4.69) is 10.3 Å². The van der Waals surface area contributed by atoms with Crippen molar-refractivity contribution in [2.24, 2.45) is 0 Å². The molecular weight excluding hydrogens is 347 g/mol. The minimum atomic E-state index is -0.471. The Morgan fingerprint density at radius 3 is 2.56 bits per heavy atom. The third-order valence-electron chi connectivity index (χ3n) is 4.07. The lowest BCUT2D eigenvalue weighted by Gasteiger charge is -2.07. The van der Waals surface area contributed by atoms with Crippen LogP contribution in [0.25, 0.3) is 22.3 Å². The van der Waals surface area contributed by atoms with E-state index in [-0.39, 0.29) is 22.7 Å². The van der Waals surface area contributed by atoms with E-state index in [0.29, 0.717) is 22.2 Å². The molecule has 4 rings (SSSR count). The molecule has 0 atom stereocenters. The van der Waals surface area contributed by atoms with Crippen LogP contribution in [0.1, 0.15) is 10.4 Å². The molecule has 6 heteroatoms. The van der Waals surface area contributed by atoms with Gasteiger partial charge < -0.3 is 9.73 Å². The number of carbonyl (C=O) groups excluding carboxylic acids is 1. The van der Waals surface area contributed by atoms with Gasteiger partial charge in [0.1, 0.15) is 17.2 Å². The molecule has 1 N–H and O–H groups in total. The summed E-state index contributed by atoms with van der Waals surface area (Å²) >= 11 is 0. The fraction of sp³-hybridized carbons (Fsp3) is 0. The summed E-state index contributed by atoms with van der Waals surface area (Å²) in [4.78, 5) is 28.6. The van der Waals surface area contributed by atoms with E-state index in [4.69, 9.17) is 4.42 Å². The van der Waals surface area contributed by atoms with E-state index in [9.17, 15) is 14.0 Å². The van der Waals surface area contributed by atoms with Crippen LogP contribution in [0.5, 0.6) is 0 Å². The minimum Gasteiger partial charge on any atom is -0.456 e. The van der Waals surface area contributed by atoms with Gasteiger partial charge in [0.15, 0.2) is 5.43 Å². The van der Waals surface area contributed by atoms with Crippen molar-refractivity contribution in [2.45, 2.75) is 0 Å². The number of rotatable bonds is 3. The maximum atomic E-state index is 14.0. The zero-order valence-corrected chi connectivity index (χ0v) is 14.0. The number of anilines is 1. The number of benzene rings is 2. The average molecular weight is 360 g/mol. The Kier molecular flexibility index (Phi) is 4.22. The van der Waals surface area contributed by atoms with Crippen LogP contribution in [0.4, 0.5) is 10.1 Å². The van der Waals surface area contributed by atoms with Crippen molar-refractivity contribution in [3.05, 3.63) is 94.7 Å². The fourth-order valence-corrected chi connectivity index (χ4v) is 2.73. The number of nitrogens with zero attached hydrogens (tertiary/aromatic N) is 1. The third kappa shape index (κ3) is 3.32. The van der Waals surface area contributed by atoms with Crippen molar-refractivity contribution in [1.29, 1.82) is 0 Å². The molecular formula is C21H13FN2O3. The van der Waals surface area contributed by atoms with Crippen molar-refractivity contribution in [1.82, 2.24) is 4.98 Å². The Bertz CT molecular complexity index is 1200. The maximum Gasteiger partial charge on any atom is 0.255 e. The van der Waals surface area contributed by atoms with Gasteiger partial charge >= 0.3 is 0 Å². The summed E-state index contributed by atoms with van der Waals surface area (Å²) in [5, 5.41) is 3.02. The van der Waals surface area contributed by atoms with Crippen molar-refractivity contribution < 1.29 is 13.6 Å². The van der Waals surface area contributed by atoms with Crippen molar-refractivity contribution in [3.8, 4) is 11.3 Å². The van der Waals surface area contributed by atoms with Gasteiger partial charge in [-0.05, 0) is 42.5 Å². The summed E-state index contributed by atoms with van der Waals surface area (Å²) in [6.07, 6.45) is 3.04. The molecule has 5 nitrogen and oxygen atoms in total. The topological polar surface area (TPSA) is 72.2 Å². The highest BCUT2D eigenvalue weighted by atomic mass is 19.1. The van der Waals surface area contributed by atoms with Crippen molar-refractivity contribution in [3.63, 3.8) is 0 Å². The van der Waals surface area contributed by atoms with Crippen LogP contribution in [0, 0.1) is 5.82 Å². The summed E-state index contributed by atoms with van der Waals surface area (Å²) in [7, 11) is 0. The first-order valence-electron chi connectivity index (χ1n) is 8.16. The van der Waals surface area contributed by atoms with Crippen LogP contribution >= 0.6 is 0 Å². The quantitative estimate of drug-likeness (QED) is 0.593. The molecule has 0 fully saturated rings. The summed E-state index contributed by atoms with van der Waals surface area (Å²) in [5.74, 6) is -0.635. The lowest BCUT2D eigenvalue weighted by Crippen LogP contribution is -2.12. The number of hydrogen-bond donors (Lipinski definition) is 1. The lowest BCUT2D eigenvalue weighted by molar-refractivity contribution is 0.102. The Morgan fingerprint density at radius 2 is 1.78 bits per heavy atom. The normalized spacial score (nSPS) is 10.7. The van der Waals surface area contributed by atoms with E-state index < -0.39 is 5.82 Å². The molecule has 0 aliphatic heterocycles. The zero-order valence-electron chi connectivity index (χ0n) is 14.0. The predicted molar refractivity (Wildman–Crippen MR) is 100 cm³/mol. The molecule has 0 radical (unpaired) electrons. The molecule has 2 heterocycles. The first kappa shape index (κ1) is 16.7. The summed E-state index contributed by atoms with van der Waals surface area (Å²) in [6, 6.07) is 15.2. The molecule has 4 aromatic rings. The second-order valence-corrected chi connectivity index (χ2v) is 5.86. The largest absolute Gasteiger partial charge is 0.456 e. The van der Waals surface area contributed by atoms with Gasteiger partial charge in [0.05, 0.1) is 10.9 Å². The maximum absolute atomic E-state index is 14.0. The molecule has 0 bridgehead atoms. The minimum absolute atomic E-state index is 0.152. The number of pyridine rings is 1. The monoisotopic (exact) mass is 360 g/mol. The second-order valence-electron chi connectivity index (χ2n) is 5.86. The summed E-state index contributed by atoms with van der Waals surface area (Å²) in [6.45, 7) is 0. The molecule has 1 amide bonds. The van der Waals surface area contributed by atoms with Crippen LogP contribution < -0.4 is 10.7 Å². The van der Waals surface area contributed by atoms with Gasteiger partial charge in [0.25, 0.3) is 5.91 Å². The SMILES string of the molecule is O=C(Nc1ccc2oc(-c3ccccc3F)cc(=O)c2c1)c1ccncc1. The molecule has 132 valence electrons. The number of aromatic nitrogens is 1. The molecule has 2 aromatic carbocycles. The van der Waals surface area contributed by atoms with Gasteiger partial charge in [0.2, 0.25) is 0 Å². The molecule has 2 aromatic heterocycles. The molecule has 0 unspecified atom stereocenters. The van der Waals surface area contributed by atoms with Gasteiger partial charge in [-0.1, -0.05) is 12.1 Å². The van der Waals surface area contributed by atoms with Crippen LogP contribution in [-0.2, 0) is 0 Å². The molecule has 0 aliphatic carbocycles. The number of fused-ring (bicyclic) bond motifs is 1. The number of hydrogen-bond acceptors (Lipinski definition) is 4.